The van der Waals surface area contributed by atoms with E-state index >= 15 is 0 Å². The molecule has 0 atom stereocenters. The van der Waals surface area contributed by atoms with Gasteiger partial charge in [-0.1, -0.05) is 0 Å². The number of aldehydes is 1. The van der Waals surface area contributed by atoms with Crippen molar-refractivity contribution < 1.29 is 9.90 Å². The zero-order valence-electron chi connectivity index (χ0n) is 6.84. The minimum atomic E-state index is 0.199. The van der Waals surface area contributed by atoms with Crippen molar-refractivity contribution in [3.8, 4) is 5.75 Å². The number of hydrogen-bond acceptors (Lipinski definition) is 3. The molecule has 13 heavy (non-hydrogen) atoms. The Morgan fingerprint density at radius 3 is 3.23 bits per heavy atom. The molecular formula is C9H8N2O2. The summed E-state index contributed by atoms with van der Waals surface area (Å²) in [7, 11) is 0. The summed E-state index contributed by atoms with van der Waals surface area (Å²) in [5, 5.41) is 9.16. The Hall–Kier alpha value is -1.84. The third-order valence-corrected chi connectivity index (χ3v) is 1.86. The Kier molecular flexibility index (Phi) is 1.73. The fraction of sp³-hybridized carbons (Fsp3) is 0.111. The van der Waals surface area contributed by atoms with Gasteiger partial charge in [-0.25, -0.2) is 4.98 Å². The van der Waals surface area contributed by atoms with Crippen molar-refractivity contribution in [3.05, 3.63) is 30.4 Å². The lowest BCUT2D eigenvalue weighted by Crippen LogP contribution is -1.94. The van der Waals surface area contributed by atoms with Gasteiger partial charge in [0.15, 0.2) is 0 Å². The molecule has 4 heteroatoms. The first-order valence-corrected chi connectivity index (χ1v) is 3.90. The van der Waals surface area contributed by atoms with Crippen LogP contribution in [0.5, 0.6) is 5.75 Å². The predicted molar refractivity (Wildman–Crippen MR) is 46.6 cm³/mol. The van der Waals surface area contributed by atoms with E-state index in [1.807, 2.05) is 0 Å². The highest BCUT2D eigenvalue weighted by Crippen LogP contribution is 2.13. The third-order valence-electron chi connectivity index (χ3n) is 1.86. The Morgan fingerprint density at radius 2 is 2.46 bits per heavy atom. The maximum Gasteiger partial charge on any atom is 0.127 e. The summed E-state index contributed by atoms with van der Waals surface area (Å²) in [6.07, 6.45) is 4.41. The van der Waals surface area contributed by atoms with Crippen LogP contribution in [0, 0.1) is 0 Å². The number of carbonyl (C=O) groups is 1. The van der Waals surface area contributed by atoms with Gasteiger partial charge in [0.05, 0.1) is 18.1 Å². The Labute approximate surface area is 74.5 Å². The molecule has 0 aliphatic carbocycles. The quantitative estimate of drug-likeness (QED) is 0.688. The number of carbonyl (C=O) groups excluding carboxylic acids is 1. The molecule has 0 radical (unpaired) electrons. The van der Waals surface area contributed by atoms with Gasteiger partial charge in [-0.2, -0.15) is 0 Å². The molecule has 0 aliphatic heterocycles. The van der Waals surface area contributed by atoms with E-state index in [1.165, 1.54) is 0 Å². The number of imidazole rings is 1. The van der Waals surface area contributed by atoms with E-state index in [-0.39, 0.29) is 5.75 Å². The molecular weight excluding hydrogens is 168 g/mol. The molecule has 0 amide bonds. The van der Waals surface area contributed by atoms with Crippen LogP contribution in [0.25, 0.3) is 5.52 Å². The maximum absolute atomic E-state index is 10.3. The average molecular weight is 176 g/mol. The van der Waals surface area contributed by atoms with Gasteiger partial charge in [-0.05, 0) is 6.07 Å². The number of fused-ring (bicyclic) bond motifs is 1. The molecule has 0 spiro atoms. The van der Waals surface area contributed by atoms with Gasteiger partial charge < -0.3 is 14.3 Å². The minimum absolute atomic E-state index is 0.199. The summed E-state index contributed by atoms with van der Waals surface area (Å²) in [6, 6.07) is 3.16. The van der Waals surface area contributed by atoms with Crippen LogP contribution in [0.2, 0.25) is 0 Å². The second-order valence-electron chi connectivity index (χ2n) is 2.73. The highest BCUT2D eigenvalue weighted by molar-refractivity contribution is 5.56. The number of pyridine rings is 1. The summed E-state index contributed by atoms with van der Waals surface area (Å²) in [5.74, 6) is 0.884. The molecule has 66 valence electrons. The normalized spacial score (nSPS) is 10.5. The summed E-state index contributed by atoms with van der Waals surface area (Å²) in [6.45, 7) is 0. The lowest BCUT2D eigenvalue weighted by Gasteiger charge is -1.97. The van der Waals surface area contributed by atoms with E-state index in [4.69, 9.17) is 5.11 Å². The summed E-state index contributed by atoms with van der Waals surface area (Å²) < 4.78 is 1.77. The highest BCUT2D eigenvalue weighted by Gasteiger charge is 2.02. The van der Waals surface area contributed by atoms with E-state index < -0.39 is 0 Å². The van der Waals surface area contributed by atoms with Gasteiger partial charge >= 0.3 is 0 Å². The molecule has 2 aromatic heterocycles. The van der Waals surface area contributed by atoms with Crippen molar-refractivity contribution in [1.82, 2.24) is 9.38 Å². The molecule has 0 aromatic carbocycles. The third kappa shape index (κ3) is 1.26. The monoisotopic (exact) mass is 176 g/mol. The number of rotatable bonds is 2. The predicted octanol–water partition coefficient (Wildman–Crippen LogP) is 0.781. The summed E-state index contributed by atoms with van der Waals surface area (Å²) in [5.41, 5.74) is 0.789. The Bertz CT molecular complexity index is 448. The molecule has 0 aliphatic rings. The van der Waals surface area contributed by atoms with Crippen molar-refractivity contribution >= 4 is 11.8 Å². The van der Waals surface area contributed by atoms with E-state index in [2.05, 4.69) is 4.98 Å². The first-order valence-electron chi connectivity index (χ1n) is 3.90. The number of aromatic nitrogens is 2. The Morgan fingerprint density at radius 1 is 1.62 bits per heavy atom. The minimum Gasteiger partial charge on any atom is -0.508 e. The van der Waals surface area contributed by atoms with Gasteiger partial charge in [0.25, 0.3) is 0 Å². The van der Waals surface area contributed by atoms with Gasteiger partial charge in [-0.3, -0.25) is 0 Å². The van der Waals surface area contributed by atoms with Crippen LogP contribution in [0.15, 0.2) is 24.5 Å². The van der Waals surface area contributed by atoms with Crippen molar-refractivity contribution in [2.75, 3.05) is 0 Å². The Balaban J connectivity index is 2.61. The molecule has 2 aromatic rings. The van der Waals surface area contributed by atoms with Crippen molar-refractivity contribution in [3.63, 3.8) is 0 Å². The molecule has 2 heterocycles. The van der Waals surface area contributed by atoms with Crippen LogP contribution >= 0.6 is 0 Å². The number of aromatic hydroxyl groups is 1. The van der Waals surface area contributed by atoms with Crippen LogP contribution in [-0.4, -0.2) is 20.8 Å². The molecule has 4 nitrogen and oxygen atoms in total. The van der Waals surface area contributed by atoms with E-state index in [0.717, 1.165) is 11.8 Å². The zero-order valence-corrected chi connectivity index (χ0v) is 6.84. The van der Waals surface area contributed by atoms with Gasteiger partial charge in [0.2, 0.25) is 0 Å². The molecule has 0 bridgehead atoms. The first-order chi connectivity index (χ1) is 6.31. The summed E-state index contributed by atoms with van der Waals surface area (Å²) in [4.78, 5) is 14.3. The highest BCUT2D eigenvalue weighted by atomic mass is 16.3. The van der Waals surface area contributed by atoms with E-state index in [0.29, 0.717) is 12.2 Å². The summed E-state index contributed by atoms with van der Waals surface area (Å²) >= 11 is 0. The lowest BCUT2D eigenvalue weighted by atomic mass is 10.4. The molecule has 0 fully saturated rings. The smallest absolute Gasteiger partial charge is 0.127 e. The molecule has 1 N–H and O–H groups in total. The fourth-order valence-corrected chi connectivity index (χ4v) is 1.27. The van der Waals surface area contributed by atoms with Crippen LogP contribution in [0.1, 0.15) is 5.82 Å². The molecule has 0 unspecified atom stereocenters. The van der Waals surface area contributed by atoms with Gasteiger partial charge in [0.1, 0.15) is 17.9 Å². The number of hydrogen-bond donors (Lipinski definition) is 1. The SMILES string of the molecule is O=CCc1ncc2cc(O)ccn12. The molecule has 0 saturated heterocycles. The fourth-order valence-electron chi connectivity index (χ4n) is 1.27. The first kappa shape index (κ1) is 7.79. The largest absolute Gasteiger partial charge is 0.508 e. The van der Waals surface area contributed by atoms with Gasteiger partial charge in [-0.15, -0.1) is 0 Å². The van der Waals surface area contributed by atoms with E-state index in [9.17, 15) is 4.79 Å². The second-order valence-corrected chi connectivity index (χ2v) is 2.73. The van der Waals surface area contributed by atoms with E-state index in [1.54, 1.807) is 28.9 Å². The topological polar surface area (TPSA) is 54.6 Å². The maximum atomic E-state index is 10.3. The van der Waals surface area contributed by atoms with Crippen LogP contribution in [0.4, 0.5) is 0 Å². The van der Waals surface area contributed by atoms with Crippen LogP contribution < -0.4 is 0 Å². The van der Waals surface area contributed by atoms with Gasteiger partial charge in [0, 0.05) is 12.3 Å². The second kappa shape index (κ2) is 2.90. The molecule has 2 rings (SSSR count). The van der Waals surface area contributed by atoms with Crippen LogP contribution in [-0.2, 0) is 11.2 Å². The van der Waals surface area contributed by atoms with Crippen molar-refractivity contribution in [2.45, 2.75) is 6.42 Å². The van der Waals surface area contributed by atoms with Crippen molar-refractivity contribution in [2.24, 2.45) is 0 Å². The lowest BCUT2D eigenvalue weighted by molar-refractivity contribution is -0.107. The zero-order chi connectivity index (χ0) is 9.26. The average Bonchev–Trinajstić information content (AvgIpc) is 2.49. The standard InChI is InChI=1S/C9H8N2O2/c12-4-2-9-10-6-7-5-8(13)1-3-11(7)9/h1,3-6,13H,2H2. The molecule has 0 saturated carbocycles. The van der Waals surface area contributed by atoms with Crippen LogP contribution in [0.3, 0.4) is 0 Å². The van der Waals surface area contributed by atoms with Crippen molar-refractivity contribution in [1.29, 1.82) is 0 Å². The number of nitrogens with zero attached hydrogens (tertiary/aromatic N) is 2.